The van der Waals surface area contributed by atoms with E-state index in [2.05, 4.69) is 9.44 Å². The fourth-order valence-corrected chi connectivity index (χ4v) is 3.54. The SMILES string of the molecule is CS(=O)(=O)Nc1cccc(NS(=O)(=O)c2ccc(F)c(C(=O)O)c2)c1. The summed E-state index contributed by atoms with van der Waals surface area (Å²) in [5.74, 6) is -2.67. The Hall–Kier alpha value is -2.66. The highest BCUT2D eigenvalue weighted by atomic mass is 32.2. The minimum Gasteiger partial charge on any atom is -0.478 e. The molecule has 11 heteroatoms. The lowest BCUT2D eigenvalue weighted by atomic mass is 10.2. The molecule has 0 unspecified atom stereocenters. The maximum Gasteiger partial charge on any atom is 0.338 e. The lowest BCUT2D eigenvalue weighted by Crippen LogP contribution is -2.15. The van der Waals surface area contributed by atoms with Crippen LogP contribution in [0.2, 0.25) is 0 Å². The van der Waals surface area contributed by atoms with Crippen LogP contribution in [-0.4, -0.2) is 34.2 Å². The van der Waals surface area contributed by atoms with Crippen molar-refractivity contribution >= 4 is 37.4 Å². The van der Waals surface area contributed by atoms with Crippen LogP contribution < -0.4 is 9.44 Å². The van der Waals surface area contributed by atoms with Crippen molar-refractivity contribution < 1.29 is 31.1 Å². The van der Waals surface area contributed by atoms with E-state index in [9.17, 15) is 26.0 Å². The molecule has 134 valence electrons. The summed E-state index contributed by atoms with van der Waals surface area (Å²) in [6.45, 7) is 0. The van der Waals surface area contributed by atoms with Gasteiger partial charge in [-0.25, -0.2) is 26.0 Å². The highest BCUT2D eigenvalue weighted by molar-refractivity contribution is 7.92. The standard InChI is InChI=1S/C14H13FN2O6S2/c1-24(20,21)16-9-3-2-4-10(7-9)17-25(22,23)11-5-6-13(15)12(8-11)14(18)19/h2-8,16-17H,1H3,(H,18,19). The van der Waals surface area contributed by atoms with Crippen molar-refractivity contribution in [3.8, 4) is 0 Å². The van der Waals surface area contributed by atoms with Gasteiger partial charge in [0.2, 0.25) is 10.0 Å². The summed E-state index contributed by atoms with van der Waals surface area (Å²) in [4.78, 5) is 10.5. The minimum atomic E-state index is -4.20. The molecule has 3 N–H and O–H groups in total. The molecule has 0 amide bonds. The van der Waals surface area contributed by atoms with Crippen LogP contribution in [0.3, 0.4) is 0 Å². The van der Waals surface area contributed by atoms with Crippen molar-refractivity contribution in [3.63, 3.8) is 0 Å². The van der Waals surface area contributed by atoms with Crippen LogP contribution in [0, 0.1) is 5.82 Å². The van der Waals surface area contributed by atoms with Gasteiger partial charge in [0.25, 0.3) is 10.0 Å². The Kier molecular flexibility index (Phi) is 4.99. The maximum atomic E-state index is 13.4. The smallest absolute Gasteiger partial charge is 0.338 e. The molecule has 0 bridgehead atoms. The fraction of sp³-hybridized carbons (Fsp3) is 0.0714. The van der Waals surface area contributed by atoms with Crippen molar-refractivity contribution in [2.24, 2.45) is 0 Å². The molecule has 2 rings (SSSR count). The number of carboxylic acids is 1. The van der Waals surface area contributed by atoms with Gasteiger partial charge in [0.05, 0.1) is 28.1 Å². The number of rotatable bonds is 6. The molecule has 0 radical (unpaired) electrons. The summed E-state index contributed by atoms with van der Waals surface area (Å²) in [5.41, 5.74) is -0.613. The van der Waals surface area contributed by atoms with Crippen LogP contribution in [-0.2, 0) is 20.0 Å². The Morgan fingerprint density at radius 3 is 2.16 bits per heavy atom. The predicted octanol–water partition coefficient (Wildman–Crippen LogP) is 1.70. The first-order valence-corrected chi connectivity index (χ1v) is 9.99. The number of carboxylic acid groups (broad SMARTS) is 1. The molecule has 0 aliphatic heterocycles. The molecule has 0 atom stereocenters. The van der Waals surface area contributed by atoms with Crippen LogP contribution in [0.4, 0.5) is 15.8 Å². The molecule has 25 heavy (non-hydrogen) atoms. The predicted molar refractivity (Wildman–Crippen MR) is 89.1 cm³/mol. The molecule has 2 aromatic rings. The Morgan fingerprint density at radius 2 is 1.60 bits per heavy atom. The normalized spacial score (nSPS) is 11.8. The summed E-state index contributed by atoms with van der Waals surface area (Å²) < 4.78 is 64.8. The van der Waals surface area contributed by atoms with E-state index >= 15 is 0 Å². The highest BCUT2D eigenvalue weighted by Gasteiger charge is 2.19. The van der Waals surface area contributed by atoms with Gasteiger partial charge in [-0.15, -0.1) is 0 Å². The second-order valence-electron chi connectivity index (χ2n) is 5.01. The summed E-state index contributed by atoms with van der Waals surface area (Å²) in [5, 5.41) is 8.87. The fourth-order valence-electron chi connectivity index (χ4n) is 1.91. The van der Waals surface area contributed by atoms with Crippen molar-refractivity contribution in [1.29, 1.82) is 0 Å². The second-order valence-corrected chi connectivity index (χ2v) is 8.44. The minimum absolute atomic E-state index is 0.0369. The molecule has 0 heterocycles. The van der Waals surface area contributed by atoms with Gasteiger partial charge in [0, 0.05) is 0 Å². The number of nitrogens with one attached hydrogen (secondary N) is 2. The van der Waals surface area contributed by atoms with Crippen molar-refractivity contribution in [2.45, 2.75) is 4.90 Å². The third kappa shape index (κ3) is 4.90. The van der Waals surface area contributed by atoms with Gasteiger partial charge >= 0.3 is 5.97 Å². The van der Waals surface area contributed by atoms with E-state index < -0.39 is 42.3 Å². The lowest BCUT2D eigenvalue weighted by Gasteiger charge is -2.11. The molecule has 0 aliphatic carbocycles. The Morgan fingerprint density at radius 1 is 1.00 bits per heavy atom. The van der Waals surface area contributed by atoms with E-state index in [0.29, 0.717) is 6.07 Å². The van der Waals surface area contributed by atoms with Gasteiger partial charge in [-0.05, 0) is 36.4 Å². The molecule has 0 saturated carbocycles. The zero-order chi connectivity index (χ0) is 18.8. The second kappa shape index (κ2) is 6.69. The van der Waals surface area contributed by atoms with Crippen molar-refractivity contribution in [2.75, 3.05) is 15.7 Å². The third-order valence-electron chi connectivity index (χ3n) is 2.90. The van der Waals surface area contributed by atoms with Crippen LogP contribution >= 0.6 is 0 Å². The molecular weight excluding hydrogens is 375 g/mol. The Labute approximate surface area is 143 Å². The molecule has 0 saturated heterocycles. The van der Waals surface area contributed by atoms with E-state index in [4.69, 9.17) is 5.11 Å². The van der Waals surface area contributed by atoms with Gasteiger partial charge < -0.3 is 5.11 Å². The number of halogens is 1. The summed E-state index contributed by atoms with van der Waals surface area (Å²) >= 11 is 0. The first-order valence-electron chi connectivity index (χ1n) is 6.61. The molecule has 8 nitrogen and oxygen atoms in total. The summed E-state index contributed by atoms with van der Waals surface area (Å²) in [6, 6.07) is 7.78. The summed E-state index contributed by atoms with van der Waals surface area (Å²) in [7, 11) is -7.75. The van der Waals surface area contributed by atoms with Gasteiger partial charge in [-0.3, -0.25) is 9.44 Å². The summed E-state index contributed by atoms with van der Waals surface area (Å²) in [6.07, 6.45) is 0.940. The molecular formula is C14H13FN2O6S2. The van der Waals surface area contributed by atoms with Gasteiger partial charge in [0.15, 0.2) is 0 Å². The van der Waals surface area contributed by atoms with Crippen molar-refractivity contribution in [1.82, 2.24) is 0 Å². The Bertz CT molecular complexity index is 1040. The topological polar surface area (TPSA) is 130 Å². The first-order chi connectivity index (χ1) is 11.5. The molecule has 0 fully saturated rings. The van der Waals surface area contributed by atoms with Gasteiger partial charge in [0.1, 0.15) is 5.82 Å². The third-order valence-corrected chi connectivity index (χ3v) is 4.88. The number of sulfonamides is 2. The number of hydrogen-bond acceptors (Lipinski definition) is 5. The van der Waals surface area contributed by atoms with Gasteiger partial charge in [-0.1, -0.05) is 6.07 Å². The zero-order valence-corrected chi connectivity index (χ0v) is 14.4. The number of aromatic carboxylic acids is 1. The van der Waals surface area contributed by atoms with Crippen molar-refractivity contribution in [3.05, 3.63) is 53.8 Å². The molecule has 0 aliphatic rings. The maximum absolute atomic E-state index is 13.4. The number of carbonyl (C=O) groups is 1. The monoisotopic (exact) mass is 388 g/mol. The van der Waals surface area contributed by atoms with E-state index in [0.717, 1.165) is 18.4 Å². The van der Waals surface area contributed by atoms with E-state index in [1.165, 1.54) is 24.3 Å². The van der Waals surface area contributed by atoms with Crippen LogP contribution in [0.1, 0.15) is 10.4 Å². The average molecular weight is 388 g/mol. The van der Waals surface area contributed by atoms with E-state index in [1.807, 2.05) is 0 Å². The largest absolute Gasteiger partial charge is 0.478 e. The van der Waals surface area contributed by atoms with Gasteiger partial charge in [-0.2, -0.15) is 0 Å². The molecule has 0 spiro atoms. The Balaban J connectivity index is 2.35. The first kappa shape index (κ1) is 18.7. The van der Waals surface area contributed by atoms with E-state index in [-0.39, 0.29) is 11.4 Å². The van der Waals surface area contributed by atoms with Crippen LogP contribution in [0.5, 0.6) is 0 Å². The molecule has 0 aromatic heterocycles. The number of benzene rings is 2. The highest BCUT2D eigenvalue weighted by Crippen LogP contribution is 2.21. The number of hydrogen-bond donors (Lipinski definition) is 3. The average Bonchev–Trinajstić information content (AvgIpc) is 2.45. The quantitative estimate of drug-likeness (QED) is 0.691. The van der Waals surface area contributed by atoms with Crippen LogP contribution in [0.25, 0.3) is 0 Å². The lowest BCUT2D eigenvalue weighted by molar-refractivity contribution is 0.0691. The molecule has 2 aromatic carbocycles. The number of anilines is 2. The van der Waals surface area contributed by atoms with Crippen LogP contribution in [0.15, 0.2) is 47.4 Å². The van der Waals surface area contributed by atoms with E-state index in [1.54, 1.807) is 0 Å². The zero-order valence-electron chi connectivity index (χ0n) is 12.7.